The molecule has 1 saturated heterocycles. The molecule has 0 bridgehead atoms. The van der Waals surface area contributed by atoms with Crippen LogP contribution in [0.1, 0.15) is 38.3 Å². The van der Waals surface area contributed by atoms with E-state index in [-0.39, 0.29) is 30.6 Å². The first-order valence-electron chi connectivity index (χ1n) is 8.46. The number of hydrogen-bond acceptors (Lipinski definition) is 5. The van der Waals surface area contributed by atoms with Gasteiger partial charge in [-0.05, 0) is 36.5 Å². The zero-order valence-electron chi connectivity index (χ0n) is 15.6. The number of methoxy groups -OCH3 is 2. The lowest BCUT2D eigenvalue weighted by atomic mass is 9.95. The van der Waals surface area contributed by atoms with Gasteiger partial charge in [-0.15, -0.1) is 24.8 Å². The van der Waals surface area contributed by atoms with Crippen molar-refractivity contribution in [3.05, 3.63) is 17.7 Å². The highest BCUT2D eigenvalue weighted by atomic mass is 35.5. The summed E-state index contributed by atoms with van der Waals surface area (Å²) in [6, 6.07) is 4.22. The molecule has 2 rings (SSSR count). The van der Waals surface area contributed by atoms with Gasteiger partial charge in [-0.2, -0.15) is 0 Å². The number of hydrogen-bond donors (Lipinski definition) is 2. The van der Waals surface area contributed by atoms with Crippen molar-refractivity contribution in [2.45, 2.75) is 32.7 Å². The maximum atomic E-state index is 10.1. The number of aromatic hydroxyl groups is 1. The van der Waals surface area contributed by atoms with Crippen LogP contribution in [0.5, 0.6) is 17.2 Å². The van der Waals surface area contributed by atoms with Crippen LogP contribution < -0.4 is 14.8 Å². The third-order valence-corrected chi connectivity index (χ3v) is 4.50. The molecule has 2 N–H and O–H groups in total. The predicted octanol–water partition coefficient (Wildman–Crippen LogP) is 3.64. The van der Waals surface area contributed by atoms with E-state index < -0.39 is 0 Å². The van der Waals surface area contributed by atoms with Crippen LogP contribution in [-0.2, 0) is 0 Å². The van der Waals surface area contributed by atoms with Crippen LogP contribution in [0.4, 0.5) is 0 Å². The third kappa shape index (κ3) is 6.41. The van der Waals surface area contributed by atoms with Gasteiger partial charge in [0, 0.05) is 32.2 Å². The normalized spacial score (nSPS) is 15.9. The Hall–Kier alpha value is -0.880. The Morgan fingerprint density at radius 1 is 1.04 bits per heavy atom. The van der Waals surface area contributed by atoms with Gasteiger partial charge in [0.1, 0.15) is 0 Å². The van der Waals surface area contributed by atoms with Crippen LogP contribution in [0.25, 0.3) is 0 Å². The summed E-state index contributed by atoms with van der Waals surface area (Å²) >= 11 is 0. The van der Waals surface area contributed by atoms with Crippen LogP contribution in [0.15, 0.2) is 12.1 Å². The molecule has 1 atom stereocenters. The van der Waals surface area contributed by atoms with Gasteiger partial charge in [-0.3, -0.25) is 4.90 Å². The Balaban J connectivity index is 0.00000288. The number of halogens is 2. The van der Waals surface area contributed by atoms with E-state index in [4.69, 9.17) is 9.47 Å². The summed E-state index contributed by atoms with van der Waals surface area (Å²) in [5.41, 5.74) is 1.15. The molecule has 7 heteroatoms. The molecule has 146 valence electrons. The summed E-state index contributed by atoms with van der Waals surface area (Å²) in [6.45, 7) is 8.62. The van der Waals surface area contributed by atoms with Crippen molar-refractivity contribution in [1.29, 1.82) is 0 Å². The first kappa shape index (κ1) is 24.1. The van der Waals surface area contributed by atoms with Crippen molar-refractivity contribution in [2.75, 3.05) is 40.4 Å². The first-order chi connectivity index (χ1) is 11.1. The van der Waals surface area contributed by atoms with Crippen molar-refractivity contribution in [3.8, 4) is 17.2 Å². The summed E-state index contributed by atoms with van der Waals surface area (Å²) in [6.07, 6.45) is 2.26. The first-order valence-corrected chi connectivity index (χ1v) is 8.46. The van der Waals surface area contributed by atoms with Crippen molar-refractivity contribution >= 4 is 24.8 Å². The maximum absolute atomic E-state index is 10.1. The van der Waals surface area contributed by atoms with Gasteiger partial charge in [0.05, 0.1) is 14.2 Å². The zero-order valence-corrected chi connectivity index (χ0v) is 17.2. The molecule has 0 radical (unpaired) electrons. The Morgan fingerprint density at radius 3 is 2.00 bits per heavy atom. The van der Waals surface area contributed by atoms with Gasteiger partial charge in [0.2, 0.25) is 5.75 Å². The van der Waals surface area contributed by atoms with Crippen LogP contribution in [0.2, 0.25) is 0 Å². The van der Waals surface area contributed by atoms with Crippen molar-refractivity contribution < 1.29 is 14.6 Å². The van der Waals surface area contributed by atoms with E-state index in [0.717, 1.165) is 38.2 Å². The Labute approximate surface area is 163 Å². The molecule has 0 amide bonds. The lowest BCUT2D eigenvalue weighted by Crippen LogP contribution is -2.45. The molecular formula is C18H32Cl2N2O3. The van der Waals surface area contributed by atoms with Crippen LogP contribution in [0, 0.1) is 5.92 Å². The zero-order chi connectivity index (χ0) is 16.8. The van der Waals surface area contributed by atoms with E-state index in [2.05, 4.69) is 24.1 Å². The Morgan fingerprint density at radius 2 is 1.56 bits per heavy atom. The Kier molecular flexibility index (Phi) is 11.3. The highest BCUT2D eigenvalue weighted by molar-refractivity contribution is 5.85. The van der Waals surface area contributed by atoms with Crippen molar-refractivity contribution in [2.24, 2.45) is 5.92 Å². The number of nitrogens with zero attached hydrogens (tertiary/aromatic N) is 1. The van der Waals surface area contributed by atoms with Gasteiger partial charge in [0.15, 0.2) is 11.5 Å². The van der Waals surface area contributed by atoms with Gasteiger partial charge in [-0.25, -0.2) is 0 Å². The third-order valence-electron chi connectivity index (χ3n) is 4.50. The fourth-order valence-corrected chi connectivity index (χ4v) is 3.15. The molecule has 0 spiro atoms. The fraction of sp³-hybridized carbons (Fsp3) is 0.667. The smallest absolute Gasteiger partial charge is 0.200 e. The molecule has 1 aliphatic rings. The largest absolute Gasteiger partial charge is 0.502 e. The van der Waals surface area contributed by atoms with Gasteiger partial charge in [-0.1, -0.05) is 13.8 Å². The second-order valence-corrected chi connectivity index (χ2v) is 6.55. The molecular weight excluding hydrogens is 363 g/mol. The summed E-state index contributed by atoms with van der Waals surface area (Å²) in [5, 5.41) is 13.6. The molecule has 1 aromatic rings. The number of nitrogens with one attached hydrogen (secondary N) is 1. The molecule has 0 aromatic heterocycles. The average molecular weight is 395 g/mol. The summed E-state index contributed by atoms with van der Waals surface area (Å²) in [7, 11) is 3.15. The monoisotopic (exact) mass is 394 g/mol. The van der Waals surface area contributed by atoms with Crippen LogP contribution in [0.3, 0.4) is 0 Å². The van der Waals surface area contributed by atoms with E-state index in [1.165, 1.54) is 6.42 Å². The number of phenolic OH excluding ortho intramolecular Hbond substituents is 1. The second-order valence-electron chi connectivity index (χ2n) is 6.55. The highest BCUT2D eigenvalue weighted by Gasteiger charge is 2.24. The van der Waals surface area contributed by atoms with Crippen molar-refractivity contribution in [3.63, 3.8) is 0 Å². The van der Waals surface area contributed by atoms with E-state index in [0.29, 0.717) is 23.5 Å². The summed E-state index contributed by atoms with van der Waals surface area (Å²) in [4.78, 5) is 2.52. The molecule has 1 fully saturated rings. The molecule has 1 aromatic carbocycles. The molecule has 5 nitrogen and oxygen atoms in total. The van der Waals surface area contributed by atoms with Crippen LogP contribution in [-0.4, -0.2) is 50.4 Å². The lowest BCUT2D eigenvalue weighted by molar-refractivity contribution is 0.159. The second kappa shape index (κ2) is 11.7. The van der Waals surface area contributed by atoms with E-state index in [1.54, 1.807) is 14.2 Å². The standard InChI is InChI=1S/C18H30N2O3.2ClH/c1-13(2)5-6-15(20-9-7-19-8-10-20)14-11-16(22-3)18(21)17(12-14)23-4;;/h11-13,15,19,21H,5-10H2,1-4H3;2*1H/t15-;;/m0../s1. The number of ether oxygens (including phenoxy) is 2. The quantitative estimate of drug-likeness (QED) is 0.739. The molecule has 25 heavy (non-hydrogen) atoms. The number of rotatable bonds is 7. The highest BCUT2D eigenvalue weighted by Crippen LogP contribution is 2.41. The predicted molar refractivity (Wildman–Crippen MR) is 107 cm³/mol. The summed E-state index contributed by atoms with van der Waals surface area (Å²) in [5.74, 6) is 1.69. The molecule has 0 saturated carbocycles. The molecule has 1 aliphatic heterocycles. The van der Waals surface area contributed by atoms with Gasteiger partial charge >= 0.3 is 0 Å². The van der Waals surface area contributed by atoms with Gasteiger partial charge in [0.25, 0.3) is 0 Å². The molecule has 1 heterocycles. The van der Waals surface area contributed by atoms with E-state index >= 15 is 0 Å². The number of piperazine rings is 1. The van der Waals surface area contributed by atoms with E-state index in [9.17, 15) is 5.11 Å². The fourth-order valence-electron chi connectivity index (χ4n) is 3.15. The lowest BCUT2D eigenvalue weighted by Gasteiger charge is -2.36. The number of benzene rings is 1. The van der Waals surface area contributed by atoms with Gasteiger partial charge < -0.3 is 19.9 Å². The SMILES string of the molecule is COc1cc([C@H](CCC(C)C)N2CCNCC2)cc(OC)c1O.Cl.Cl. The number of phenols is 1. The topological polar surface area (TPSA) is 54.0 Å². The average Bonchev–Trinajstić information content (AvgIpc) is 2.56. The molecule has 0 aliphatic carbocycles. The maximum Gasteiger partial charge on any atom is 0.200 e. The Bertz CT molecular complexity index is 484. The summed E-state index contributed by atoms with van der Waals surface area (Å²) < 4.78 is 10.7. The minimum Gasteiger partial charge on any atom is -0.502 e. The van der Waals surface area contributed by atoms with E-state index in [1.807, 2.05) is 12.1 Å². The van der Waals surface area contributed by atoms with Crippen LogP contribution >= 0.6 is 24.8 Å². The minimum atomic E-state index is 0. The minimum absolute atomic E-state index is 0. The van der Waals surface area contributed by atoms with Crippen molar-refractivity contribution in [1.82, 2.24) is 10.2 Å². The molecule has 0 unspecified atom stereocenters.